The van der Waals surface area contributed by atoms with Crippen molar-refractivity contribution in [2.75, 3.05) is 43.5 Å². The Labute approximate surface area is 113 Å². The molecule has 2 nitrogen and oxygen atoms in total. The van der Waals surface area contributed by atoms with Crippen molar-refractivity contribution in [2.24, 2.45) is 0 Å². The third kappa shape index (κ3) is 3.27. The third-order valence-corrected chi connectivity index (χ3v) is 3.87. The van der Waals surface area contributed by atoms with Crippen molar-refractivity contribution >= 4 is 28.9 Å². The molecule has 17 heavy (non-hydrogen) atoms. The zero-order chi connectivity index (χ0) is 12.3. The van der Waals surface area contributed by atoms with Crippen LogP contribution in [0.3, 0.4) is 0 Å². The van der Waals surface area contributed by atoms with Gasteiger partial charge in [0, 0.05) is 49.3 Å². The van der Waals surface area contributed by atoms with Gasteiger partial charge in [0.15, 0.2) is 0 Å². The van der Waals surface area contributed by atoms with Crippen LogP contribution in [0.5, 0.6) is 0 Å². The molecule has 0 saturated carbocycles. The molecule has 1 aromatic rings. The number of anilines is 1. The summed E-state index contributed by atoms with van der Waals surface area (Å²) in [5.74, 6) is 0.719. The fourth-order valence-electron chi connectivity index (χ4n) is 2.13. The highest BCUT2D eigenvalue weighted by Crippen LogP contribution is 2.23. The fraction of sp³-hybridized carbons (Fsp3) is 0.538. The van der Waals surface area contributed by atoms with Gasteiger partial charge in [-0.15, -0.1) is 11.6 Å². The molecule has 0 radical (unpaired) electrons. The predicted octanol–water partition coefficient (Wildman–Crippen LogP) is 3.01. The standard InChI is InChI=1S/C13H18Cl2N2/c1-11-2-3-12(10-13(11)15)17-8-6-16(5-4-14)7-9-17/h2-3,10H,4-9H2,1H3. The van der Waals surface area contributed by atoms with Crippen LogP contribution in [0, 0.1) is 6.92 Å². The lowest BCUT2D eigenvalue weighted by Crippen LogP contribution is -2.46. The zero-order valence-corrected chi connectivity index (χ0v) is 11.6. The molecule has 4 heteroatoms. The Bertz CT molecular complexity index is 374. The molecule has 1 aromatic carbocycles. The first kappa shape index (κ1) is 13.0. The summed E-state index contributed by atoms with van der Waals surface area (Å²) in [6, 6.07) is 6.30. The maximum absolute atomic E-state index is 6.16. The minimum absolute atomic E-state index is 0.719. The van der Waals surface area contributed by atoms with Crippen LogP contribution in [0.25, 0.3) is 0 Å². The lowest BCUT2D eigenvalue weighted by atomic mass is 10.2. The summed E-state index contributed by atoms with van der Waals surface area (Å²) in [5.41, 5.74) is 2.36. The van der Waals surface area contributed by atoms with E-state index in [1.807, 2.05) is 6.92 Å². The minimum atomic E-state index is 0.719. The Morgan fingerprint density at radius 1 is 1.18 bits per heavy atom. The molecule has 1 heterocycles. The first-order valence-electron chi connectivity index (χ1n) is 6.00. The number of piperazine rings is 1. The zero-order valence-electron chi connectivity index (χ0n) is 10.1. The summed E-state index contributed by atoms with van der Waals surface area (Å²) in [4.78, 5) is 4.79. The van der Waals surface area contributed by atoms with Crippen molar-refractivity contribution in [2.45, 2.75) is 6.92 Å². The van der Waals surface area contributed by atoms with Crippen molar-refractivity contribution in [3.8, 4) is 0 Å². The van der Waals surface area contributed by atoms with E-state index in [9.17, 15) is 0 Å². The van der Waals surface area contributed by atoms with Gasteiger partial charge in [-0.05, 0) is 24.6 Å². The molecule has 0 N–H and O–H groups in total. The van der Waals surface area contributed by atoms with Crippen LogP contribution in [0.15, 0.2) is 18.2 Å². The molecular formula is C13H18Cl2N2. The van der Waals surface area contributed by atoms with Gasteiger partial charge in [0.05, 0.1) is 0 Å². The molecular weight excluding hydrogens is 255 g/mol. The van der Waals surface area contributed by atoms with Gasteiger partial charge in [-0.1, -0.05) is 17.7 Å². The normalized spacial score (nSPS) is 17.5. The van der Waals surface area contributed by atoms with Crippen LogP contribution >= 0.6 is 23.2 Å². The average molecular weight is 273 g/mol. The molecule has 1 fully saturated rings. The molecule has 0 aliphatic carbocycles. The van der Waals surface area contributed by atoms with Crippen molar-refractivity contribution < 1.29 is 0 Å². The van der Waals surface area contributed by atoms with Crippen LogP contribution in [0.4, 0.5) is 5.69 Å². The molecule has 0 bridgehead atoms. The number of nitrogens with zero attached hydrogens (tertiary/aromatic N) is 2. The summed E-state index contributed by atoms with van der Waals surface area (Å²) < 4.78 is 0. The summed E-state index contributed by atoms with van der Waals surface area (Å²) >= 11 is 11.9. The number of alkyl halides is 1. The lowest BCUT2D eigenvalue weighted by molar-refractivity contribution is 0.272. The summed E-state index contributed by atoms with van der Waals surface area (Å²) in [7, 11) is 0. The second-order valence-electron chi connectivity index (χ2n) is 4.45. The average Bonchev–Trinajstić information content (AvgIpc) is 2.34. The second kappa shape index (κ2) is 5.94. The Hall–Kier alpha value is -0.440. The second-order valence-corrected chi connectivity index (χ2v) is 5.24. The van der Waals surface area contributed by atoms with Gasteiger partial charge < -0.3 is 4.90 Å². The molecule has 2 rings (SSSR count). The third-order valence-electron chi connectivity index (χ3n) is 3.29. The van der Waals surface area contributed by atoms with Crippen LogP contribution in [-0.4, -0.2) is 43.5 Å². The Kier molecular flexibility index (Phi) is 4.55. The minimum Gasteiger partial charge on any atom is -0.369 e. The topological polar surface area (TPSA) is 6.48 Å². The number of hydrogen-bond acceptors (Lipinski definition) is 2. The van der Waals surface area contributed by atoms with Gasteiger partial charge in [0.1, 0.15) is 0 Å². The predicted molar refractivity (Wildman–Crippen MR) is 75.6 cm³/mol. The van der Waals surface area contributed by atoms with E-state index >= 15 is 0 Å². The van der Waals surface area contributed by atoms with E-state index in [4.69, 9.17) is 23.2 Å². The molecule has 1 aliphatic rings. The highest BCUT2D eigenvalue weighted by molar-refractivity contribution is 6.31. The smallest absolute Gasteiger partial charge is 0.0455 e. The molecule has 0 atom stereocenters. The number of halogens is 2. The van der Waals surface area contributed by atoms with Gasteiger partial charge in [0.2, 0.25) is 0 Å². The van der Waals surface area contributed by atoms with Gasteiger partial charge in [0.25, 0.3) is 0 Å². The monoisotopic (exact) mass is 272 g/mol. The van der Waals surface area contributed by atoms with Crippen LogP contribution in [0.2, 0.25) is 5.02 Å². The Balaban J connectivity index is 1.98. The quantitative estimate of drug-likeness (QED) is 0.781. The number of aryl methyl sites for hydroxylation is 1. The molecule has 0 aromatic heterocycles. The van der Waals surface area contributed by atoms with E-state index < -0.39 is 0 Å². The molecule has 0 unspecified atom stereocenters. The highest BCUT2D eigenvalue weighted by atomic mass is 35.5. The lowest BCUT2D eigenvalue weighted by Gasteiger charge is -2.35. The van der Waals surface area contributed by atoms with E-state index in [1.165, 1.54) is 5.69 Å². The van der Waals surface area contributed by atoms with Gasteiger partial charge in [-0.3, -0.25) is 4.90 Å². The number of hydrogen-bond donors (Lipinski definition) is 0. The largest absolute Gasteiger partial charge is 0.369 e. The first-order chi connectivity index (χ1) is 8.20. The van der Waals surface area contributed by atoms with Crippen molar-refractivity contribution in [1.82, 2.24) is 4.90 Å². The SMILES string of the molecule is Cc1ccc(N2CCN(CCCl)CC2)cc1Cl. The molecule has 0 spiro atoms. The maximum Gasteiger partial charge on any atom is 0.0455 e. The molecule has 1 saturated heterocycles. The fourth-order valence-corrected chi connectivity index (χ4v) is 2.54. The van der Waals surface area contributed by atoms with E-state index in [-0.39, 0.29) is 0 Å². The van der Waals surface area contributed by atoms with Crippen molar-refractivity contribution in [1.29, 1.82) is 0 Å². The summed E-state index contributed by atoms with van der Waals surface area (Å²) in [5, 5.41) is 0.852. The summed E-state index contributed by atoms with van der Waals surface area (Å²) in [6.07, 6.45) is 0. The Morgan fingerprint density at radius 2 is 1.88 bits per heavy atom. The van der Waals surface area contributed by atoms with Crippen molar-refractivity contribution in [3.05, 3.63) is 28.8 Å². The highest BCUT2D eigenvalue weighted by Gasteiger charge is 2.16. The van der Waals surface area contributed by atoms with Gasteiger partial charge >= 0.3 is 0 Å². The summed E-state index contributed by atoms with van der Waals surface area (Å²) in [6.45, 7) is 7.29. The van der Waals surface area contributed by atoms with Crippen LogP contribution < -0.4 is 4.90 Å². The van der Waals surface area contributed by atoms with Crippen LogP contribution in [-0.2, 0) is 0 Å². The first-order valence-corrected chi connectivity index (χ1v) is 6.91. The molecule has 1 aliphatic heterocycles. The van der Waals surface area contributed by atoms with E-state index in [0.29, 0.717) is 0 Å². The van der Waals surface area contributed by atoms with Crippen molar-refractivity contribution in [3.63, 3.8) is 0 Å². The van der Waals surface area contributed by atoms with Gasteiger partial charge in [-0.25, -0.2) is 0 Å². The Morgan fingerprint density at radius 3 is 2.47 bits per heavy atom. The van der Waals surface area contributed by atoms with Gasteiger partial charge in [-0.2, -0.15) is 0 Å². The molecule has 94 valence electrons. The van der Waals surface area contributed by atoms with E-state index in [2.05, 4.69) is 28.0 Å². The van der Waals surface area contributed by atoms with E-state index in [1.54, 1.807) is 0 Å². The van der Waals surface area contributed by atoms with Crippen LogP contribution in [0.1, 0.15) is 5.56 Å². The number of rotatable bonds is 3. The number of benzene rings is 1. The van der Waals surface area contributed by atoms with E-state index in [0.717, 1.165) is 49.2 Å². The maximum atomic E-state index is 6.16. The molecule has 0 amide bonds.